The first-order valence-corrected chi connectivity index (χ1v) is 7.29. The van der Waals surface area contributed by atoms with Crippen LogP contribution in [-0.4, -0.2) is 20.6 Å². The molecule has 0 heterocycles. The Morgan fingerprint density at radius 3 is 2.25 bits per heavy atom. The summed E-state index contributed by atoms with van der Waals surface area (Å²) in [6, 6.07) is 8.52. The first-order valence-electron chi connectivity index (χ1n) is 7.29. The van der Waals surface area contributed by atoms with Crippen LogP contribution < -0.4 is 10.2 Å². The molecule has 0 unspecified atom stereocenters. The molecule has 1 aromatic carbocycles. The highest BCUT2D eigenvalue weighted by atomic mass is 15.1. The van der Waals surface area contributed by atoms with E-state index in [-0.39, 0.29) is 0 Å². The van der Waals surface area contributed by atoms with Gasteiger partial charge in [0.05, 0.1) is 0 Å². The fourth-order valence-electron chi connectivity index (χ4n) is 1.91. The predicted octanol–water partition coefficient (Wildman–Crippen LogP) is 4.86. The zero-order valence-electron chi connectivity index (χ0n) is 13.5. The van der Waals surface area contributed by atoms with Crippen molar-refractivity contribution in [3.8, 4) is 0 Å². The Kier molecular flexibility index (Phi) is 6.92. The maximum Gasteiger partial charge on any atom is 0.0362 e. The van der Waals surface area contributed by atoms with Crippen LogP contribution in [0.3, 0.4) is 0 Å². The van der Waals surface area contributed by atoms with E-state index in [1.54, 1.807) is 0 Å². The molecule has 0 saturated carbocycles. The lowest BCUT2D eigenvalue weighted by Crippen LogP contribution is -2.08. The van der Waals surface area contributed by atoms with Crippen LogP contribution in [0.25, 0.3) is 0 Å². The molecule has 0 aliphatic rings. The average Bonchev–Trinajstić information content (AvgIpc) is 2.39. The van der Waals surface area contributed by atoms with Gasteiger partial charge in [-0.3, -0.25) is 0 Å². The van der Waals surface area contributed by atoms with Crippen LogP contribution in [0.2, 0.25) is 0 Å². The lowest BCUT2D eigenvalue weighted by Gasteiger charge is -2.13. The first-order chi connectivity index (χ1) is 9.49. The molecule has 0 fully saturated rings. The Balaban J connectivity index is 2.37. The van der Waals surface area contributed by atoms with Crippen LogP contribution in [0.4, 0.5) is 11.4 Å². The topological polar surface area (TPSA) is 15.3 Å². The predicted molar refractivity (Wildman–Crippen MR) is 91.7 cm³/mol. The van der Waals surface area contributed by atoms with E-state index < -0.39 is 0 Å². The van der Waals surface area contributed by atoms with Gasteiger partial charge in [0.2, 0.25) is 0 Å². The molecule has 20 heavy (non-hydrogen) atoms. The Morgan fingerprint density at radius 1 is 1.05 bits per heavy atom. The molecule has 0 saturated heterocycles. The van der Waals surface area contributed by atoms with E-state index in [9.17, 15) is 0 Å². The molecule has 2 heteroatoms. The summed E-state index contributed by atoms with van der Waals surface area (Å²) in [5, 5.41) is 3.43. The second kappa shape index (κ2) is 8.47. The number of benzene rings is 1. The highest BCUT2D eigenvalue weighted by Crippen LogP contribution is 2.15. The van der Waals surface area contributed by atoms with E-state index in [4.69, 9.17) is 0 Å². The smallest absolute Gasteiger partial charge is 0.0362 e. The van der Waals surface area contributed by atoms with Gasteiger partial charge < -0.3 is 10.2 Å². The maximum atomic E-state index is 3.43. The van der Waals surface area contributed by atoms with Gasteiger partial charge >= 0.3 is 0 Å². The van der Waals surface area contributed by atoms with Crippen molar-refractivity contribution in [2.24, 2.45) is 0 Å². The number of nitrogens with one attached hydrogen (secondary N) is 1. The number of anilines is 2. The lowest BCUT2D eigenvalue weighted by molar-refractivity contribution is 0.959. The van der Waals surface area contributed by atoms with Gasteiger partial charge in [-0.15, -0.1) is 0 Å². The zero-order valence-corrected chi connectivity index (χ0v) is 13.5. The molecule has 0 radical (unpaired) electrons. The van der Waals surface area contributed by atoms with Crippen molar-refractivity contribution in [2.75, 3.05) is 30.9 Å². The molecule has 2 nitrogen and oxygen atoms in total. The van der Waals surface area contributed by atoms with E-state index in [0.29, 0.717) is 0 Å². The van der Waals surface area contributed by atoms with Gasteiger partial charge in [0.15, 0.2) is 0 Å². The summed E-state index contributed by atoms with van der Waals surface area (Å²) in [4.78, 5) is 2.11. The van der Waals surface area contributed by atoms with Gasteiger partial charge in [0.1, 0.15) is 0 Å². The molecule has 0 bridgehead atoms. The van der Waals surface area contributed by atoms with Crippen molar-refractivity contribution in [1.82, 2.24) is 0 Å². The third-order valence-electron chi connectivity index (χ3n) is 3.23. The zero-order chi connectivity index (χ0) is 15.0. The summed E-state index contributed by atoms with van der Waals surface area (Å²) >= 11 is 0. The van der Waals surface area contributed by atoms with Gasteiger partial charge in [-0.1, -0.05) is 23.3 Å². The van der Waals surface area contributed by atoms with Crippen LogP contribution in [0, 0.1) is 0 Å². The minimum atomic E-state index is 0.891. The van der Waals surface area contributed by atoms with E-state index in [1.807, 2.05) is 0 Å². The molecule has 0 aromatic heterocycles. The van der Waals surface area contributed by atoms with Crippen molar-refractivity contribution in [3.05, 3.63) is 47.6 Å². The molecule has 1 rings (SSSR count). The monoisotopic (exact) mass is 272 g/mol. The summed E-state index contributed by atoms with van der Waals surface area (Å²) < 4.78 is 0. The first kappa shape index (κ1) is 16.4. The minimum Gasteiger partial charge on any atom is -0.382 e. The number of allylic oxidation sites excluding steroid dienone is 3. The largest absolute Gasteiger partial charge is 0.382 e. The van der Waals surface area contributed by atoms with Crippen molar-refractivity contribution in [1.29, 1.82) is 0 Å². The van der Waals surface area contributed by atoms with Crippen molar-refractivity contribution in [3.63, 3.8) is 0 Å². The van der Waals surface area contributed by atoms with Gasteiger partial charge in [0, 0.05) is 32.0 Å². The van der Waals surface area contributed by atoms with E-state index >= 15 is 0 Å². The molecule has 0 atom stereocenters. The summed E-state index contributed by atoms with van der Waals surface area (Å²) in [6.07, 6.45) is 6.86. The van der Waals surface area contributed by atoms with E-state index in [2.05, 4.69) is 81.5 Å². The molecular formula is C18H28N2. The number of hydrogen-bond acceptors (Lipinski definition) is 2. The second-order valence-electron chi connectivity index (χ2n) is 5.69. The van der Waals surface area contributed by atoms with Crippen LogP contribution in [0.5, 0.6) is 0 Å². The molecule has 0 amide bonds. The lowest BCUT2D eigenvalue weighted by atomic mass is 10.1. The number of nitrogens with zero attached hydrogens (tertiary/aromatic N) is 1. The fraction of sp³-hybridized carbons (Fsp3) is 0.444. The van der Waals surface area contributed by atoms with Crippen LogP contribution >= 0.6 is 0 Å². The van der Waals surface area contributed by atoms with Crippen LogP contribution in [0.15, 0.2) is 47.6 Å². The standard InChI is InChI=1S/C18H28N2/c1-15(2)7-6-8-16(3)13-14-19-17-9-11-18(12-10-17)20(4)5/h7,9-13,19H,6,8,14H2,1-5H3. The van der Waals surface area contributed by atoms with Crippen LogP contribution in [-0.2, 0) is 0 Å². The van der Waals surface area contributed by atoms with Crippen LogP contribution in [0.1, 0.15) is 33.6 Å². The minimum absolute atomic E-state index is 0.891. The normalized spacial score (nSPS) is 11.2. The molecule has 110 valence electrons. The Morgan fingerprint density at radius 2 is 1.70 bits per heavy atom. The van der Waals surface area contributed by atoms with Gasteiger partial charge in [-0.2, -0.15) is 0 Å². The third-order valence-corrected chi connectivity index (χ3v) is 3.23. The highest BCUT2D eigenvalue weighted by Gasteiger charge is 1.95. The summed E-state index contributed by atoms with van der Waals surface area (Å²) in [6.45, 7) is 7.40. The Labute approximate surface area is 124 Å². The maximum absolute atomic E-state index is 3.43. The van der Waals surface area contributed by atoms with Gasteiger partial charge in [-0.25, -0.2) is 0 Å². The van der Waals surface area contributed by atoms with E-state index in [0.717, 1.165) is 19.4 Å². The van der Waals surface area contributed by atoms with Gasteiger partial charge in [-0.05, 0) is 57.9 Å². The summed E-state index contributed by atoms with van der Waals surface area (Å²) in [7, 11) is 4.11. The molecule has 0 spiro atoms. The third kappa shape index (κ3) is 6.46. The number of hydrogen-bond donors (Lipinski definition) is 1. The SMILES string of the molecule is CC(C)=CCCC(C)=CCNc1ccc(N(C)C)cc1. The summed E-state index contributed by atoms with van der Waals surface area (Å²) in [5.41, 5.74) is 5.24. The molecule has 1 aromatic rings. The fourth-order valence-corrected chi connectivity index (χ4v) is 1.91. The van der Waals surface area contributed by atoms with Crippen molar-refractivity contribution < 1.29 is 0 Å². The number of rotatable bonds is 7. The Hall–Kier alpha value is -1.70. The quantitative estimate of drug-likeness (QED) is 0.713. The molecule has 1 N–H and O–H groups in total. The van der Waals surface area contributed by atoms with Gasteiger partial charge in [0.25, 0.3) is 0 Å². The summed E-state index contributed by atoms with van der Waals surface area (Å²) in [5.74, 6) is 0. The highest BCUT2D eigenvalue weighted by molar-refractivity contribution is 5.54. The molecule has 0 aliphatic heterocycles. The average molecular weight is 272 g/mol. The molecular weight excluding hydrogens is 244 g/mol. The molecule has 0 aliphatic carbocycles. The van der Waals surface area contributed by atoms with E-state index in [1.165, 1.54) is 22.5 Å². The Bertz CT molecular complexity index is 449. The van der Waals surface area contributed by atoms with Crippen molar-refractivity contribution in [2.45, 2.75) is 33.6 Å². The van der Waals surface area contributed by atoms with Crippen molar-refractivity contribution >= 4 is 11.4 Å². The second-order valence-corrected chi connectivity index (χ2v) is 5.69.